The lowest BCUT2D eigenvalue weighted by atomic mass is 10.1. The van der Waals surface area contributed by atoms with E-state index in [9.17, 15) is 4.79 Å². The SMILES string of the molecule is COc1ccc(CC(=O)N2CCC[C@@H]2c2cc(C)no2)cc1. The van der Waals surface area contributed by atoms with Crippen LogP contribution in [0.1, 0.15) is 35.9 Å². The highest BCUT2D eigenvalue weighted by Crippen LogP contribution is 2.32. The van der Waals surface area contributed by atoms with Gasteiger partial charge >= 0.3 is 0 Å². The third-order valence-electron chi connectivity index (χ3n) is 4.06. The van der Waals surface area contributed by atoms with E-state index in [0.29, 0.717) is 6.42 Å². The first-order valence-corrected chi connectivity index (χ1v) is 7.53. The Hall–Kier alpha value is -2.30. The summed E-state index contributed by atoms with van der Waals surface area (Å²) in [6.45, 7) is 2.67. The first-order valence-electron chi connectivity index (χ1n) is 7.53. The Bertz CT molecular complexity index is 648. The van der Waals surface area contributed by atoms with E-state index in [0.717, 1.165) is 42.2 Å². The molecule has 0 radical (unpaired) electrons. The third-order valence-corrected chi connectivity index (χ3v) is 4.06. The Kier molecular flexibility index (Phi) is 4.13. The van der Waals surface area contributed by atoms with E-state index >= 15 is 0 Å². The van der Waals surface area contributed by atoms with Crippen molar-refractivity contribution in [2.75, 3.05) is 13.7 Å². The monoisotopic (exact) mass is 300 g/mol. The van der Waals surface area contributed by atoms with Crippen molar-refractivity contribution in [1.82, 2.24) is 10.1 Å². The fourth-order valence-corrected chi connectivity index (χ4v) is 2.92. The minimum atomic E-state index is 0.0203. The molecule has 0 unspecified atom stereocenters. The van der Waals surface area contributed by atoms with E-state index in [4.69, 9.17) is 9.26 Å². The molecule has 1 amide bonds. The molecule has 5 heteroatoms. The minimum Gasteiger partial charge on any atom is -0.497 e. The lowest BCUT2D eigenvalue weighted by molar-refractivity contribution is -0.131. The number of hydrogen-bond donors (Lipinski definition) is 0. The average molecular weight is 300 g/mol. The molecule has 1 aliphatic heterocycles. The summed E-state index contributed by atoms with van der Waals surface area (Å²) in [5.41, 5.74) is 1.84. The second-order valence-electron chi connectivity index (χ2n) is 5.64. The summed E-state index contributed by atoms with van der Waals surface area (Å²) in [5.74, 6) is 1.71. The Morgan fingerprint density at radius 2 is 2.18 bits per heavy atom. The quantitative estimate of drug-likeness (QED) is 0.871. The molecule has 2 aromatic rings. The number of ether oxygens (including phenoxy) is 1. The zero-order valence-electron chi connectivity index (χ0n) is 12.9. The number of methoxy groups -OCH3 is 1. The molecule has 0 N–H and O–H groups in total. The van der Waals surface area contributed by atoms with Crippen molar-refractivity contribution < 1.29 is 14.1 Å². The molecule has 3 rings (SSSR count). The number of carbonyl (C=O) groups is 1. The third kappa shape index (κ3) is 2.98. The van der Waals surface area contributed by atoms with Gasteiger partial charge in [0.15, 0.2) is 5.76 Å². The van der Waals surface area contributed by atoms with Crippen LogP contribution in [0, 0.1) is 6.92 Å². The van der Waals surface area contributed by atoms with Crippen molar-refractivity contribution in [3.05, 3.63) is 47.3 Å². The van der Waals surface area contributed by atoms with Gasteiger partial charge in [0, 0.05) is 12.6 Å². The number of nitrogens with zero attached hydrogens (tertiary/aromatic N) is 2. The standard InChI is InChI=1S/C17H20N2O3/c1-12-10-16(22-18-12)15-4-3-9-19(15)17(20)11-13-5-7-14(21-2)8-6-13/h5-8,10,15H,3-4,9,11H2,1-2H3/t15-/m1/s1. The van der Waals surface area contributed by atoms with Gasteiger partial charge in [0.1, 0.15) is 5.75 Å². The van der Waals surface area contributed by atoms with E-state index in [1.807, 2.05) is 42.2 Å². The smallest absolute Gasteiger partial charge is 0.227 e. The van der Waals surface area contributed by atoms with Crippen LogP contribution in [0.3, 0.4) is 0 Å². The van der Waals surface area contributed by atoms with Crippen LogP contribution in [0.4, 0.5) is 0 Å². The topological polar surface area (TPSA) is 55.6 Å². The summed E-state index contributed by atoms with van der Waals surface area (Å²) in [6.07, 6.45) is 2.33. The first kappa shape index (κ1) is 14.6. The number of amides is 1. The predicted molar refractivity (Wildman–Crippen MR) is 81.6 cm³/mol. The molecule has 0 spiro atoms. The van der Waals surface area contributed by atoms with Crippen molar-refractivity contribution in [2.45, 2.75) is 32.2 Å². The summed E-state index contributed by atoms with van der Waals surface area (Å²) >= 11 is 0. The molecular weight excluding hydrogens is 280 g/mol. The van der Waals surface area contributed by atoms with Crippen LogP contribution < -0.4 is 4.74 Å². The predicted octanol–water partition coefficient (Wildman–Crippen LogP) is 2.90. The van der Waals surface area contributed by atoms with Gasteiger partial charge in [-0.2, -0.15) is 0 Å². The number of rotatable bonds is 4. The summed E-state index contributed by atoms with van der Waals surface area (Å²) in [6, 6.07) is 9.56. The number of likely N-dealkylation sites (tertiary alicyclic amines) is 1. The fourth-order valence-electron chi connectivity index (χ4n) is 2.92. The lowest BCUT2D eigenvalue weighted by Gasteiger charge is -2.22. The minimum absolute atomic E-state index is 0.0203. The molecule has 1 fully saturated rings. The largest absolute Gasteiger partial charge is 0.497 e. The molecule has 1 aliphatic rings. The van der Waals surface area contributed by atoms with Crippen molar-refractivity contribution in [1.29, 1.82) is 0 Å². The first-order chi connectivity index (χ1) is 10.7. The molecule has 116 valence electrons. The van der Waals surface area contributed by atoms with Gasteiger partial charge in [-0.05, 0) is 37.5 Å². The van der Waals surface area contributed by atoms with Crippen LogP contribution in [0.5, 0.6) is 5.75 Å². The van der Waals surface area contributed by atoms with E-state index < -0.39 is 0 Å². The maximum atomic E-state index is 12.6. The maximum Gasteiger partial charge on any atom is 0.227 e. The van der Waals surface area contributed by atoms with Crippen LogP contribution in [-0.2, 0) is 11.2 Å². The highest BCUT2D eigenvalue weighted by atomic mass is 16.5. The van der Waals surface area contributed by atoms with Gasteiger partial charge in [0.2, 0.25) is 5.91 Å². The molecule has 1 aromatic carbocycles. The van der Waals surface area contributed by atoms with E-state index in [1.165, 1.54) is 0 Å². The summed E-state index contributed by atoms with van der Waals surface area (Å²) in [7, 11) is 1.63. The highest BCUT2D eigenvalue weighted by molar-refractivity contribution is 5.79. The summed E-state index contributed by atoms with van der Waals surface area (Å²) < 4.78 is 10.5. The van der Waals surface area contributed by atoms with E-state index in [-0.39, 0.29) is 11.9 Å². The fraction of sp³-hybridized carbons (Fsp3) is 0.412. The second-order valence-corrected chi connectivity index (χ2v) is 5.64. The molecule has 0 bridgehead atoms. The Morgan fingerprint density at radius 3 is 2.82 bits per heavy atom. The summed E-state index contributed by atoms with van der Waals surface area (Å²) in [5, 5.41) is 3.93. The average Bonchev–Trinajstić information content (AvgIpc) is 3.16. The molecule has 22 heavy (non-hydrogen) atoms. The van der Waals surface area contributed by atoms with Gasteiger partial charge in [-0.1, -0.05) is 17.3 Å². The Balaban J connectivity index is 1.70. The van der Waals surface area contributed by atoms with Crippen LogP contribution in [-0.4, -0.2) is 29.6 Å². The molecule has 1 aromatic heterocycles. The molecule has 2 heterocycles. The Morgan fingerprint density at radius 1 is 1.41 bits per heavy atom. The van der Waals surface area contributed by atoms with Crippen molar-refractivity contribution in [3.63, 3.8) is 0 Å². The van der Waals surface area contributed by atoms with Crippen LogP contribution in [0.25, 0.3) is 0 Å². The lowest BCUT2D eigenvalue weighted by Crippen LogP contribution is -2.31. The van der Waals surface area contributed by atoms with E-state index in [1.54, 1.807) is 7.11 Å². The van der Waals surface area contributed by atoms with E-state index in [2.05, 4.69) is 5.16 Å². The Labute approximate surface area is 129 Å². The van der Waals surface area contributed by atoms with Crippen LogP contribution >= 0.6 is 0 Å². The van der Waals surface area contributed by atoms with Crippen LogP contribution in [0.15, 0.2) is 34.9 Å². The molecule has 1 saturated heterocycles. The molecule has 0 saturated carbocycles. The zero-order chi connectivity index (χ0) is 15.5. The molecule has 5 nitrogen and oxygen atoms in total. The van der Waals surface area contributed by atoms with Gasteiger partial charge in [-0.15, -0.1) is 0 Å². The van der Waals surface area contributed by atoms with Gasteiger partial charge in [-0.25, -0.2) is 0 Å². The van der Waals surface area contributed by atoms with Crippen LogP contribution in [0.2, 0.25) is 0 Å². The number of hydrogen-bond acceptors (Lipinski definition) is 4. The van der Waals surface area contributed by atoms with Gasteiger partial charge < -0.3 is 14.2 Å². The van der Waals surface area contributed by atoms with Crippen molar-refractivity contribution >= 4 is 5.91 Å². The zero-order valence-corrected chi connectivity index (χ0v) is 12.9. The maximum absolute atomic E-state index is 12.6. The number of aromatic nitrogens is 1. The van der Waals surface area contributed by atoms with Gasteiger partial charge in [-0.3, -0.25) is 4.79 Å². The van der Waals surface area contributed by atoms with Gasteiger partial charge in [0.25, 0.3) is 0 Å². The molecule has 1 atom stereocenters. The highest BCUT2D eigenvalue weighted by Gasteiger charge is 2.32. The number of aryl methyl sites for hydroxylation is 1. The molecule has 0 aliphatic carbocycles. The normalized spacial score (nSPS) is 17.7. The number of carbonyl (C=O) groups excluding carboxylic acids is 1. The number of benzene rings is 1. The molecular formula is C17H20N2O3. The summed E-state index contributed by atoms with van der Waals surface area (Å²) in [4.78, 5) is 14.5. The van der Waals surface area contributed by atoms with Crippen molar-refractivity contribution in [2.24, 2.45) is 0 Å². The van der Waals surface area contributed by atoms with Crippen molar-refractivity contribution in [3.8, 4) is 5.75 Å². The second kappa shape index (κ2) is 6.22. The van der Waals surface area contributed by atoms with Gasteiger partial charge in [0.05, 0.1) is 25.3 Å².